The highest BCUT2D eigenvalue weighted by Crippen LogP contribution is 2.35. The predicted molar refractivity (Wildman–Crippen MR) is 145 cm³/mol. The third kappa shape index (κ3) is 4.59. The molecule has 3 aromatic rings. The molecule has 2 aliphatic heterocycles. The maximum Gasteiger partial charge on any atom is 0.225 e. The second kappa shape index (κ2) is 9.83. The van der Waals surface area contributed by atoms with Gasteiger partial charge in [0.25, 0.3) is 0 Å². The molecule has 4 heterocycles. The van der Waals surface area contributed by atoms with Gasteiger partial charge in [-0.15, -0.1) is 0 Å². The van der Waals surface area contributed by atoms with Gasteiger partial charge in [0.15, 0.2) is 0 Å². The number of hydrogen-bond donors (Lipinski definition) is 0. The van der Waals surface area contributed by atoms with Crippen LogP contribution in [0.2, 0.25) is 0 Å². The van der Waals surface area contributed by atoms with Crippen LogP contribution in [0.1, 0.15) is 44.6 Å². The van der Waals surface area contributed by atoms with Crippen molar-refractivity contribution in [1.29, 1.82) is 5.26 Å². The number of aromatic nitrogens is 2. The lowest BCUT2D eigenvalue weighted by Crippen LogP contribution is -2.52. The molecular weight excluding hydrogens is 460 g/mol. The molecule has 2 saturated heterocycles. The average molecular weight is 497 g/mol. The van der Waals surface area contributed by atoms with Crippen LogP contribution in [-0.4, -0.2) is 70.6 Å². The Morgan fingerprint density at radius 2 is 1.78 bits per heavy atom. The first-order valence-corrected chi connectivity index (χ1v) is 13.8. The number of rotatable bonds is 5. The number of amides is 1. The van der Waals surface area contributed by atoms with E-state index in [0.29, 0.717) is 12.0 Å². The van der Waals surface area contributed by atoms with Gasteiger partial charge in [-0.05, 0) is 68.8 Å². The number of anilines is 1. The number of piperazine rings is 1. The minimum absolute atomic E-state index is 0.0474. The minimum Gasteiger partial charge on any atom is -0.366 e. The molecule has 0 radical (unpaired) electrons. The van der Waals surface area contributed by atoms with Gasteiger partial charge < -0.3 is 14.7 Å². The Bertz CT molecular complexity index is 1310. The lowest BCUT2D eigenvalue weighted by molar-refractivity contribution is -0.139. The van der Waals surface area contributed by atoms with Gasteiger partial charge >= 0.3 is 0 Å². The van der Waals surface area contributed by atoms with E-state index in [1.165, 1.54) is 29.7 Å². The van der Waals surface area contributed by atoms with Crippen molar-refractivity contribution in [3.8, 4) is 17.2 Å². The maximum absolute atomic E-state index is 12.8. The molecule has 7 nitrogen and oxygen atoms in total. The van der Waals surface area contributed by atoms with Gasteiger partial charge in [0.05, 0.1) is 17.3 Å². The van der Waals surface area contributed by atoms with E-state index in [9.17, 15) is 4.79 Å². The van der Waals surface area contributed by atoms with Crippen molar-refractivity contribution < 1.29 is 4.79 Å². The second-order valence-corrected chi connectivity index (χ2v) is 11.3. The Morgan fingerprint density at radius 3 is 2.46 bits per heavy atom. The standard InChI is InChI=1S/C30H36N6O/c1-21(2)35-10-8-25(19-35)23-3-5-24(6-4-23)27-17-29-28(7-9-32-36(29)20-27)33-11-13-34(14-12-33)30(37)26-15-22(16-26)18-31/h3-7,9,17,20-22,25-26H,8,10-16,19H2,1-2H3/t22-,25?,26-. The van der Waals surface area contributed by atoms with Gasteiger partial charge in [0, 0.05) is 68.6 Å². The number of likely N-dealkylation sites (tertiary alicyclic amines) is 1. The van der Waals surface area contributed by atoms with Crippen LogP contribution in [0.15, 0.2) is 48.8 Å². The molecule has 1 aliphatic carbocycles. The molecule has 2 aromatic heterocycles. The lowest BCUT2D eigenvalue weighted by Gasteiger charge is -2.40. The monoisotopic (exact) mass is 496 g/mol. The molecule has 3 aliphatic rings. The molecule has 1 unspecified atom stereocenters. The van der Waals surface area contributed by atoms with E-state index >= 15 is 0 Å². The van der Waals surface area contributed by atoms with Gasteiger partial charge in [0.1, 0.15) is 0 Å². The summed E-state index contributed by atoms with van der Waals surface area (Å²) in [6, 6.07) is 16.3. The first kappa shape index (κ1) is 24.0. The smallest absolute Gasteiger partial charge is 0.225 e. The molecule has 1 atom stereocenters. The fourth-order valence-corrected chi connectivity index (χ4v) is 6.25. The van der Waals surface area contributed by atoms with Crippen molar-refractivity contribution in [2.75, 3.05) is 44.2 Å². The van der Waals surface area contributed by atoms with Crippen LogP contribution < -0.4 is 4.90 Å². The third-order valence-corrected chi connectivity index (χ3v) is 8.75. The fraction of sp³-hybridized carbons (Fsp3) is 0.500. The van der Waals surface area contributed by atoms with Crippen LogP contribution in [0.3, 0.4) is 0 Å². The predicted octanol–water partition coefficient (Wildman–Crippen LogP) is 4.40. The molecule has 1 saturated carbocycles. The summed E-state index contributed by atoms with van der Waals surface area (Å²) >= 11 is 0. The van der Waals surface area contributed by atoms with Gasteiger partial charge in [-0.2, -0.15) is 10.4 Å². The molecule has 1 amide bonds. The molecule has 6 rings (SSSR count). The number of nitriles is 1. The zero-order valence-electron chi connectivity index (χ0n) is 21.9. The summed E-state index contributed by atoms with van der Waals surface area (Å²) in [4.78, 5) is 19.7. The van der Waals surface area contributed by atoms with Crippen LogP contribution >= 0.6 is 0 Å². The summed E-state index contributed by atoms with van der Waals surface area (Å²) < 4.78 is 1.98. The molecule has 0 N–H and O–H groups in total. The normalized spacial score (nSPS) is 24.4. The summed E-state index contributed by atoms with van der Waals surface area (Å²) in [6.45, 7) is 9.98. The quantitative estimate of drug-likeness (QED) is 0.524. The molecule has 37 heavy (non-hydrogen) atoms. The Labute approximate surface area is 219 Å². The summed E-state index contributed by atoms with van der Waals surface area (Å²) in [5, 5.41) is 13.6. The Hall–Kier alpha value is -3.37. The van der Waals surface area contributed by atoms with E-state index in [2.05, 4.69) is 77.4 Å². The molecular formula is C30H36N6O. The minimum atomic E-state index is 0.0474. The van der Waals surface area contributed by atoms with Crippen LogP contribution in [-0.2, 0) is 4.79 Å². The molecule has 0 bridgehead atoms. The van der Waals surface area contributed by atoms with E-state index in [0.717, 1.165) is 56.8 Å². The van der Waals surface area contributed by atoms with E-state index in [-0.39, 0.29) is 17.7 Å². The zero-order valence-corrected chi connectivity index (χ0v) is 21.9. The van der Waals surface area contributed by atoms with E-state index in [4.69, 9.17) is 5.26 Å². The fourth-order valence-electron chi connectivity index (χ4n) is 6.25. The van der Waals surface area contributed by atoms with E-state index < -0.39 is 0 Å². The molecule has 7 heteroatoms. The molecule has 0 spiro atoms. The summed E-state index contributed by atoms with van der Waals surface area (Å²) in [6.07, 6.45) is 6.67. The van der Waals surface area contributed by atoms with Crippen molar-refractivity contribution in [1.82, 2.24) is 19.4 Å². The molecule has 1 aromatic carbocycles. The van der Waals surface area contributed by atoms with Crippen molar-refractivity contribution in [3.05, 3.63) is 54.4 Å². The second-order valence-electron chi connectivity index (χ2n) is 11.3. The van der Waals surface area contributed by atoms with Gasteiger partial charge in [-0.1, -0.05) is 24.3 Å². The average Bonchev–Trinajstić information content (AvgIpc) is 3.56. The van der Waals surface area contributed by atoms with E-state index in [1.54, 1.807) is 0 Å². The topological polar surface area (TPSA) is 67.9 Å². The summed E-state index contributed by atoms with van der Waals surface area (Å²) in [5.74, 6) is 0.971. The number of carbonyl (C=O) groups excluding carboxylic acids is 1. The van der Waals surface area contributed by atoms with E-state index in [1.807, 2.05) is 15.6 Å². The van der Waals surface area contributed by atoms with Crippen LogP contribution in [0.25, 0.3) is 16.6 Å². The number of carbonyl (C=O) groups is 1. The van der Waals surface area contributed by atoms with Crippen molar-refractivity contribution in [2.45, 2.75) is 45.1 Å². The third-order valence-electron chi connectivity index (χ3n) is 8.75. The number of benzene rings is 1. The van der Waals surface area contributed by atoms with Gasteiger partial charge in [-0.3, -0.25) is 4.79 Å². The highest BCUT2D eigenvalue weighted by atomic mass is 16.2. The van der Waals surface area contributed by atoms with Crippen molar-refractivity contribution in [2.24, 2.45) is 11.8 Å². The zero-order chi connectivity index (χ0) is 25.5. The first-order chi connectivity index (χ1) is 18.0. The maximum atomic E-state index is 12.8. The van der Waals surface area contributed by atoms with Crippen LogP contribution in [0.5, 0.6) is 0 Å². The van der Waals surface area contributed by atoms with Gasteiger partial charge in [0.2, 0.25) is 5.91 Å². The number of hydrogen-bond acceptors (Lipinski definition) is 5. The SMILES string of the molecule is CC(C)N1CCC(c2ccc(-c3cc4c(N5CCN(C(=O)[C@H]6C[C@H](C#N)C6)CC5)ccnn4c3)cc2)C1. The largest absolute Gasteiger partial charge is 0.366 e. The molecule has 192 valence electrons. The number of fused-ring (bicyclic) bond motifs is 1. The lowest BCUT2D eigenvalue weighted by atomic mass is 9.75. The van der Waals surface area contributed by atoms with Crippen molar-refractivity contribution in [3.63, 3.8) is 0 Å². The summed E-state index contributed by atoms with van der Waals surface area (Å²) in [5.41, 5.74) is 6.09. The highest BCUT2D eigenvalue weighted by molar-refractivity contribution is 5.82. The Morgan fingerprint density at radius 1 is 1.03 bits per heavy atom. The van der Waals surface area contributed by atoms with Crippen molar-refractivity contribution >= 4 is 17.1 Å². The molecule has 3 fully saturated rings. The summed E-state index contributed by atoms with van der Waals surface area (Å²) in [7, 11) is 0. The number of nitrogens with zero attached hydrogens (tertiary/aromatic N) is 6. The van der Waals surface area contributed by atoms with Crippen LogP contribution in [0.4, 0.5) is 5.69 Å². The highest BCUT2D eigenvalue weighted by Gasteiger charge is 2.37. The van der Waals surface area contributed by atoms with Crippen LogP contribution in [0, 0.1) is 23.2 Å². The Balaban J connectivity index is 1.14. The Kier molecular flexibility index (Phi) is 6.37. The first-order valence-electron chi connectivity index (χ1n) is 13.8. The van der Waals surface area contributed by atoms with Gasteiger partial charge in [-0.25, -0.2) is 4.52 Å².